The van der Waals surface area contributed by atoms with Crippen LogP contribution < -0.4 is 0 Å². The molecule has 0 bridgehead atoms. The molecule has 5 heteroatoms. The van der Waals surface area contributed by atoms with Crippen LogP contribution >= 0.6 is 0 Å². The normalized spacial score (nSPS) is 11.8. The van der Waals surface area contributed by atoms with Gasteiger partial charge in [-0.15, -0.1) is 0 Å². The highest BCUT2D eigenvalue weighted by Crippen LogP contribution is 2.18. The van der Waals surface area contributed by atoms with Gasteiger partial charge in [-0.1, -0.05) is 74.4 Å². The predicted molar refractivity (Wildman–Crippen MR) is 124 cm³/mol. The number of nitrogens with zero attached hydrogens (tertiary/aromatic N) is 2. The second kappa shape index (κ2) is 10.6. The maximum absolute atomic E-state index is 13.3. The smallest absolute Gasteiger partial charge is 0.218 e. The summed E-state index contributed by atoms with van der Waals surface area (Å²) in [5.41, 5.74) is 4.34. The van der Waals surface area contributed by atoms with E-state index in [9.17, 15) is 8.42 Å². The lowest BCUT2D eigenvalue weighted by Gasteiger charge is -2.23. The highest BCUT2D eigenvalue weighted by molar-refractivity contribution is 7.88. The first-order valence-corrected chi connectivity index (χ1v) is 12.3. The van der Waals surface area contributed by atoms with Crippen LogP contribution in [-0.2, 0) is 28.9 Å². The van der Waals surface area contributed by atoms with E-state index < -0.39 is 10.0 Å². The number of rotatable bonds is 11. The molecule has 0 spiro atoms. The molecule has 0 atom stereocenters. The summed E-state index contributed by atoms with van der Waals surface area (Å²) in [4.78, 5) is 0. The number of hydrogen-bond acceptors (Lipinski definition) is 2. The second-order valence-electron chi connectivity index (χ2n) is 7.84. The minimum Gasteiger partial charge on any atom is -0.346 e. The van der Waals surface area contributed by atoms with E-state index in [-0.39, 0.29) is 5.75 Å². The number of sulfonamides is 1. The molecule has 0 N–H and O–H groups in total. The summed E-state index contributed by atoms with van der Waals surface area (Å²) < 4.78 is 30.3. The van der Waals surface area contributed by atoms with Crippen LogP contribution in [0, 0.1) is 6.92 Å². The van der Waals surface area contributed by atoms with Crippen molar-refractivity contribution in [1.82, 2.24) is 8.87 Å². The molecule has 2 aromatic carbocycles. The van der Waals surface area contributed by atoms with E-state index >= 15 is 0 Å². The van der Waals surface area contributed by atoms with Gasteiger partial charge in [-0.3, -0.25) is 0 Å². The first kappa shape index (κ1) is 22.3. The summed E-state index contributed by atoms with van der Waals surface area (Å²) in [6, 6.07) is 21.8. The van der Waals surface area contributed by atoms with E-state index in [4.69, 9.17) is 0 Å². The van der Waals surface area contributed by atoms with Gasteiger partial charge < -0.3 is 4.57 Å². The lowest BCUT2D eigenvalue weighted by Crippen LogP contribution is -2.33. The lowest BCUT2D eigenvalue weighted by molar-refractivity contribution is 0.385. The van der Waals surface area contributed by atoms with Crippen LogP contribution in [0.15, 0.2) is 72.9 Å². The van der Waals surface area contributed by atoms with Crippen LogP contribution in [-0.4, -0.2) is 23.8 Å². The summed E-state index contributed by atoms with van der Waals surface area (Å²) in [5, 5.41) is 0. The second-order valence-corrected chi connectivity index (χ2v) is 9.81. The van der Waals surface area contributed by atoms with E-state index in [1.165, 1.54) is 11.1 Å². The van der Waals surface area contributed by atoms with Gasteiger partial charge in [-0.2, -0.15) is 4.31 Å². The van der Waals surface area contributed by atoms with Crippen molar-refractivity contribution >= 4 is 10.0 Å². The molecule has 1 heterocycles. The molecule has 0 aliphatic carbocycles. The van der Waals surface area contributed by atoms with Crippen molar-refractivity contribution in [3.05, 3.63) is 95.3 Å². The Balaban J connectivity index is 1.80. The fourth-order valence-corrected chi connectivity index (χ4v) is 5.16. The van der Waals surface area contributed by atoms with Crippen molar-refractivity contribution in [2.24, 2.45) is 0 Å². The van der Waals surface area contributed by atoms with Crippen LogP contribution in [0.3, 0.4) is 0 Å². The molecule has 0 saturated carbocycles. The fourth-order valence-electron chi connectivity index (χ4n) is 3.63. The van der Waals surface area contributed by atoms with Crippen LogP contribution in [0.2, 0.25) is 0 Å². The summed E-state index contributed by atoms with van der Waals surface area (Å²) in [7, 11) is -3.41. The molecule has 0 amide bonds. The Morgan fingerprint density at radius 3 is 2.37 bits per heavy atom. The van der Waals surface area contributed by atoms with E-state index in [2.05, 4.69) is 30.5 Å². The quantitative estimate of drug-likeness (QED) is 0.389. The molecule has 0 aliphatic rings. The highest BCUT2D eigenvalue weighted by atomic mass is 32.2. The third-order valence-electron chi connectivity index (χ3n) is 5.46. The molecular weight excluding hydrogens is 392 g/mol. The lowest BCUT2D eigenvalue weighted by atomic mass is 10.1. The van der Waals surface area contributed by atoms with Gasteiger partial charge in [0.15, 0.2) is 0 Å². The van der Waals surface area contributed by atoms with Gasteiger partial charge in [0, 0.05) is 25.0 Å². The number of hydrogen-bond donors (Lipinski definition) is 0. The van der Waals surface area contributed by atoms with E-state index in [0.717, 1.165) is 37.1 Å². The monoisotopic (exact) mass is 424 g/mol. The number of benzene rings is 2. The van der Waals surface area contributed by atoms with Gasteiger partial charge in [0.05, 0.1) is 12.3 Å². The molecule has 0 fully saturated rings. The third kappa shape index (κ3) is 6.07. The maximum atomic E-state index is 13.3. The minimum absolute atomic E-state index is 0.0401. The van der Waals surface area contributed by atoms with Gasteiger partial charge in [-0.25, -0.2) is 8.42 Å². The molecule has 3 aromatic rings. The average molecular weight is 425 g/mol. The Morgan fingerprint density at radius 2 is 1.63 bits per heavy atom. The van der Waals surface area contributed by atoms with Gasteiger partial charge in [0.2, 0.25) is 10.0 Å². The van der Waals surface area contributed by atoms with Crippen molar-refractivity contribution in [2.75, 3.05) is 6.54 Å². The highest BCUT2D eigenvalue weighted by Gasteiger charge is 2.23. The summed E-state index contributed by atoms with van der Waals surface area (Å²) in [5.74, 6) is 0.0401. The summed E-state index contributed by atoms with van der Waals surface area (Å²) in [6.07, 6.45) is 5.01. The summed E-state index contributed by atoms with van der Waals surface area (Å²) >= 11 is 0. The average Bonchev–Trinajstić information content (AvgIpc) is 3.16. The molecule has 0 unspecified atom stereocenters. The molecule has 0 radical (unpaired) electrons. The third-order valence-corrected chi connectivity index (χ3v) is 7.26. The standard InChI is InChI=1S/C25H32N2O2S/c1-3-4-10-18-27(30(28,29)21-23-13-6-5-7-14-23)20-25-16-11-17-26(25)19-24-15-9-8-12-22(24)2/h5-9,11-17H,3-4,10,18-21H2,1-2H3. The zero-order valence-corrected chi connectivity index (χ0v) is 18.8. The molecule has 1 aromatic heterocycles. The molecule has 30 heavy (non-hydrogen) atoms. The van der Waals surface area contributed by atoms with E-state index in [0.29, 0.717) is 13.1 Å². The summed E-state index contributed by atoms with van der Waals surface area (Å²) in [6.45, 7) is 5.95. The molecule has 3 rings (SSSR count). The minimum atomic E-state index is -3.41. The predicted octanol–water partition coefficient (Wildman–Crippen LogP) is 5.37. The van der Waals surface area contributed by atoms with Crippen molar-refractivity contribution in [2.45, 2.75) is 52.0 Å². The number of aromatic nitrogens is 1. The van der Waals surface area contributed by atoms with Crippen LogP contribution in [0.1, 0.15) is 48.6 Å². The van der Waals surface area contributed by atoms with Gasteiger partial charge in [0.25, 0.3) is 0 Å². The number of aryl methyl sites for hydroxylation is 1. The first-order chi connectivity index (χ1) is 14.5. The molecular formula is C25H32N2O2S. The van der Waals surface area contributed by atoms with E-state index in [1.807, 2.05) is 60.8 Å². The van der Waals surface area contributed by atoms with Crippen molar-refractivity contribution < 1.29 is 8.42 Å². The molecule has 0 aliphatic heterocycles. The Kier molecular flexibility index (Phi) is 7.88. The van der Waals surface area contributed by atoms with Gasteiger partial charge >= 0.3 is 0 Å². The van der Waals surface area contributed by atoms with Crippen molar-refractivity contribution in [3.8, 4) is 0 Å². The van der Waals surface area contributed by atoms with Gasteiger partial charge in [-0.05, 0) is 42.2 Å². The topological polar surface area (TPSA) is 42.3 Å². The van der Waals surface area contributed by atoms with Crippen LogP contribution in [0.25, 0.3) is 0 Å². The van der Waals surface area contributed by atoms with Crippen molar-refractivity contribution in [3.63, 3.8) is 0 Å². The molecule has 160 valence electrons. The first-order valence-electron chi connectivity index (χ1n) is 10.7. The van der Waals surface area contributed by atoms with E-state index in [1.54, 1.807) is 4.31 Å². The zero-order chi connectivity index (χ0) is 21.4. The Labute approximate surface area is 181 Å². The largest absolute Gasteiger partial charge is 0.346 e. The zero-order valence-electron chi connectivity index (χ0n) is 18.0. The number of unbranched alkanes of at least 4 members (excludes halogenated alkanes) is 2. The molecule has 4 nitrogen and oxygen atoms in total. The Bertz CT molecular complexity index is 1030. The van der Waals surface area contributed by atoms with Crippen LogP contribution in [0.5, 0.6) is 0 Å². The fraction of sp³-hybridized carbons (Fsp3) is 0.360. The Morgan fingerprint density at radius 1 is 0.900 bits per heavy atom. The van der Waals surface area contributed by atoms with Crippen molar-refractivity contribution in [1.29, 1.82) is 0 Å². The molecule has 0 saturated heterocycles. The van der Waals surface area contributed by atoms with Crippen LogP contribution in [0.4, 0.5) is 0 Å². The maximum Gasteiger partial charge on any atom is 0.218 e. The Hall–Kier alpha value is -2.37. The van der Waals surface area contributed by atoms with Gasteiger partial charge in [0.1, 0.15) is 0 Å². The SMILES string of the molecule is CCCCCN(Cc1cccn1Cc1ccccc1C)S(=O)(=O)Cc1ccccc1.